The fourth-order valence-corrected chi connectivity index (χ4v) is 3.96. The third-order valence-electron chi connectivity index (χ3n) is 3.21. The summed E-state index contributed by atoms with van der Waals surface area (Å²) in [6, 6.07) is 0. The van der Waals surface area contributed by atoms with Gasteiger partial charge in [-0.1, -0.05) is 0 Å². The van der Waals surface area contributed by atoms with E-state index in [0.29, 0.717) is 32.4 Å². The molecule has 2 fully saturated rings. The van der Waals surface area contributed by atoms with Gasteiger partial charge in [0.15, 0.2) is 9.84 Å². The summed E-state index contributed by atoms with van der Waals surface area (Å²) in [4.78, 5) is 24.6. The van der Waals surface area contributed by atoms with E-state index in [1.807, 2.05) is 0 Å². The molecule has 5 nitrogen and oxygen atoms in total. The van der Waals surface area contributed by atoms with Crippen LogP contribution in [0.4, 0.5) is 0 Å². The van der Waals surface area contributed by atoms with Crippen molar-refractivity contribution in [3.8, 4) is 0 Å². The molecule has 16 heavy (non-hydrogen) atoms. The summed E-state index contributed by atoms with van der Waals surface area (Å²) in [5.74, 6) is -0.179. The van der Waals surface area contributed by atoms with E-state index in [0.717, 1.165) is 0 Å². The Balaban J connectivity index is 1.96. The molecule has 0 N–H and O–H groups in total. The molecule has 1 amide bonds. The minimum absolute atomic E-state index is 0.0176. The zero-order valence-corrected chi connectivity index (χ0v) is 9.83. The first kappa shape index (κ1) is 11.6. The lowest BCUT2D eigenvalue weighted by atomic mass is 10.0. The minimum atomic E-state index is -3.00. The third-order valence-corrected chi connectivity index (χ3v) is 4.98. The van der Waals surface area contributed by atoms with Crippen molar-refractivity contribution in [1.29, 1.82) is 0 Å². The Labute approximate surface area is 94.7 Å². The van der Waals surface area contributed by atoms with E-state index in [2.05, 4.69) is 0 Å². The lowest BCUT2D eigenvalue weighted by molar-refractivity contribution is -0.137. The lowest BCUT2D eigenvalue weighted by Crippen LogP contribution is -2.42. The van der Waals surface area contributed by atoms with Gasteiger partial charge in [-0.3, -0.25) is 9.59 Å². The van der Waals surface area contributed by atoms with E-state index in [-0.39, 0.29) is 29.1 Å². The van der Waals surface area contributed by atoms with Crippen LogP contribution in [0.3, 0.4) is 0 Å². The standard InChI is InChI=1S/C10H15NO4S/c12-9-1-4-11(5-2-9)10(13)8-3-6-16(14,15)7-8/h8H,1-7H2. The van der Waals surface area contributed by atoms with Gasteiger partial charge in [-0.2, -0.15) is 0 Å². The zero-order chi connectivity index (χ0) is 11.8. The van der Waals surface area contributed by atoms with Crippen LogP contribution in [-0.2, 0) is 19.4 Å². The Morgan fingerprint density at radius 1 is 1.25 bits per heavy atom. The molecule has 0 aromatic carbocycles. The van der Waals surface area contributed by atoms with Gasteiger partial charge in [-0.15, -0.1) is 0 Å². The monoisotopic (exact) mass is 245 g/mol. The van der Waals surface area contributed by atoms with Crippen molar-refractivity contribution in [2.45, 2.75) is 19.3 Å². The number of rotatable bonds is 1. The van der Waals surface area contributed by atoms with Gasteiger partial charge < -0.3 is 4.90 Å². The van der Waals surface area contributed by atoms with Gasteiger partial charge in [0.2, 0.25) is 5.91 Å². The van der Waals surface area contributed by atoms with Crippen LogP contribution in [-0.4, -0.2) is 49.6 Å². The van der Waals surface area contributed by atoms with Crippen LogP contribution in [0.25, 0.3) is 0 Å². The summed E-state index contributed by atoms with van der Waals surface area (Å²) >= 11 is 0. The maximum Gasteiger partial charge on any atom is 0.226 e. The molecular formula is C10H15NO4S. The second kappa shape index (κ2) is 4.16. The van der Waals surface area contributed by atoms with E-state index >= 15 is 0 Å². The number of likely N-dealkylation sites (tertiary alicyclic amines) is 1. The van der Waals surface area contributed by atoms with Gasteiger partial charge in [-0.05, 0) is 6.42 Å². The molecule has 0 aromatic heterocycles. The first-order valence-corrected chi connectivity index (χ1v) is 7.31. The molecule has 2 aliphatic heterocycles. The van der Waals surface area contributed by atoms with Crippen LogP contribution in [0.1, 0.15) is 19.3 Å². The van der Waals surface area contributed by atoms with Gasteiger partial charge >= 0.3 is 0 Å². The average molecular weight is 245 g/mol. The first-order chi connectivity index (χ1) is 7.48. The highest BCUT2D eigenvalue weighted by Crippen LogP contribution is 2.22. The van der Waals surface area contributed by atoms with E-state index < -0.39 is 9.84 Å². The van der Waals surface area contributed by atoms with Crippen molar-refractivity contribution in [3.05, 3.63) is 0 Å². The number of nitrogens with zero attached hydrogens (tertiary/aromatic N) is 1. The summed E-state index contributed by atoms with van der Waals surface area (Å²) in [6.45, 7) is 0.905. The molecule has 2 aliphatic rings. The molecule has 2 heterocycles. The van der Waals surface area contributed by atoms with Gasteiger partial charge in [0.1, 0.15) is 5.78 Å². The van der Waals surface area contributed by atoms with Crippen LogP contribution in [0.2, 0.25) is 0 Å². The van der Waals surface area contributed by atoms with E-state index in [4.69, 9.17) is 0 Å². The Hall–Kier alpha value is -0.910. The first-order valence-electron chi connectivity index (χ1n) is 5.49. The van der Waals surface area contributed by atoms with E-state index in [1.165, 1.54) is 0 Å². The third kappa shape index (κ3) is 2.42. The Kier molecular flexibility index (Phi) is 3.01. The second-order valence-corrected chi connectivity index (χ2v) is 6.69. The number of sulfone groups is 1. The Morgan fingerprint density at radius 2 is 1.88 bits per heavy atom. The van der Waals surface area contributed by atoms with Crippen LogP contribution >= 0.6 is 0 Å². The minimum Gasteiger partial charge on any atom is -0.342 e. The summed E-state index contributed by atoms with van der Waals surface area (Å²) in [6.07, 6.45) is 1.25. The number of piperidine rings is 1. The molecule has 0 aromatic rings. The number of carbonyl (C=O) groups is 2. The second-order valence-electron chi connectivity index (χ2n) is 4.46. The summed E-state index contributed by atoms with van der Waals surface area (Å²) in [5.41, 5.74) is 0. The van der Waals surface area contributed by atoms with E-state index in [1.54, 1.807) is 4.90 Å². The van der Waals surface area contributed by atoms with Crippen molar-refractivity contribution in [1.82, 2.24) is 4.90 Å². The van der Waals surface area contributed by atoms with Crippen LogP contribution in [0.5, 0.6) is 0 Å². The highest BCUT2D eigenvalue weighted by molar-refractivity contribution is 7.91. The van der Waals surface area contributed by atoms with Gasteiger partial charge in [0.05, 0.1) is 17.4 Å². The highest BCUT2D eigenvalue weighted by atomic mass is 32.2. The van der Waals surface area contributed by atoms with Crippen molar-refractivity contribution in [2.24, 2.45) is 5.92 Å². The van der Waals surface area contributed by atoms with Crippen molar-refractivity contribution in [3.63, 3.8) is 0 Å². The zero-order valence-electron chi connectivity index (χ0n) is 9.02. The molecule has 6 heteroatoms. The van der Waals surface area contributed by atoms with Gasteiger partial charge in [0.25, 0.3) is 0 Å². The number of hydrogen-bond donors (Lipinski definition) is 0. The molecule has 0 saturated carbocycles. The fraction of sp³-hybridized carbons (Fsp3) is 0.800. The molecule has 2 rings (SSSR count). The maximum absolute atomic E-state index is 11.9. The number of amides is 1. The largest absolute Gasteiger partial charge is 0.342 e. The molecule has 1 atom stereocenters. The fourth-order valence-electron chi connectivity index (χ4n) is 2.22. The predicted octanol–water partition coefficient (Wildman–Crippen LogP) is -0.387. The molecule has 0 bridgehead atoms. The van der Waals surface area contributed by atoms with Crippen LogP contribution in [0, 0.1) is 5.92 Å². The predicted molar refractivity (Wildman–Crippen MR) is 57.6 cm³/mol. The molecular weight excluding hydrogens is 230 g/mol. The van der Waals surface area contributed by atoms with Crippen molar-refractivity contribution in [2.75, 3.05) is 24.6 Å². The molecule has 90 valence electrons. The molecule has 2 saturated heterocycles. The van der Waals surface area contributed by atoms with Crippen LogP contribution < -0.4 is 0 Å². The summed E-state index contributed by atoms with van der Waals surface area (Å²) in [5, 5.41) is 0. The van der Waals surface area contributed by atoms with E-state index in [9.17, 15) is 18.0 Å². The molecule has 0 radical (unpaired) electrons. The van der Waals surface area contributed by atoms with Gasteiger partial charge in [0, 0.05) is 25.9 Å². The normalized spacial score (nSPS) is 29.4. The smallest absolute Gasteiger partial charge is 0.226 e. The summed E-state index contributed by atoms with van der Waals surface area (Å²) in [7, 11) is -3.00. The topological polar surface area (TPSA) is 71.5 Å². The number of Topliss-reactive ketones (excluding diaryl/α,β-unsaturated/α-hetero) is 1. The quantitative estimate of drug-likeness (QED) is 0.631. The Bertz CT molecular complexity index is 405. The number of hydrogen-bond acceptors (Lipinski definition) is 4. The molecule has 0 aliphatic carbocycles. The summed E-state index contributed by atoms with van der Waals surface area (Å²) < 4.78 is 22.5. The molecule has 0 spiro atoms. The average Bonchev–Trinajstić information content (AvgIpc) is 2.59. The maximum atomic E-state index is 11.9. The lowest BCUT2D eigenvalue weighted by Gasteiger charge is -2.28. The molecule has 1 unspecified atom stereocenters. The Morgan fingerprint density at radius 3 is 2.38 bits per heavy atom. The SMILES string of the molecule is O=C1CCN(C(=O)C2CCS(=O)(=O)C2)CC1. The van der Waals surface area contributed by atoms with Crippen LogP contribution in [0.15, 0.2) is 0 Å². The van der Waals surface area contributed by atoms with Crippen molar-refractivity contribution < 1.29 is 18.0 Å². The highest BCUT2D eigenvalue weighted by Gasteiger charge is 2.36. The number of carbonyl (C=O) groups excluding carboxylic acids is 2. The van der Waals surface area contributed by atoms with Gasteiger partial charge in [-0.25, -0.2) is 8.42 Å². The van der Waals surface area contributed by atoms with Crippen molar-refractivity contribution >= 4 is 21.5 Å². The number of ketones is 1.